The van der Waals surface area contributed by atoms with Crippen LogP contribution >= 0.6 is 0 Å². The lowest BCUT2D eigenvalue weighted by Crippen LogP contribution is -2.64. The molecule has 9 atom stereocenters. The van der Waals surface area contributed by atoms with Crippen LogP contribution in [0.1, 0.15) is 72.1 Å². The van der Waals surface area contributed by atoms with Gasteiger partial charge in [0.15, 0.2) is 0 Å². The van der Waals surface area contributed by atoms with Crippen molar-refractivity contribution < 1.29 is 15.0 Å². The normalized spacial score (nSPS) is 54.6. The molecule has 4 aliphatic carbocycles. The van der Waals surface area contributed by atoms with Crippen LogP contribution < -0.4 is 0 Å². The summed E-state index contributed by atoms with van der Waals surface area (Å²) in [6.45, 7) is 6.37. The Bertz CT molecular complexity index is 648. The summed E-state index contributed by atoms with van der Waals surface area (Å²) in [4.78, 5) is 12.0. The molecule has 3 heteroatoms. The maximum atomic E-state index is 12.0. The summed E-state index contributed by atoms with van der Waals surface area (Å²) < 4.78 is 0. The highest BCUT2D eigenvalue weighted by Gasteiger charge is 2.68. The first-order valence-electron chi connectivity index (χ1n) is 10.6. The number of carbonyl (C=O) groups excluding carboxylic acids is 1. The second-order valence-corrected chi connectivity index (χ2v) is 10.3. The Morgan fingerprint density at radius 2 is 1.92 bits per heavy atom. The van der Waals surface area contributed by atoms with Crippen LogP contribution in [0.4, 0.5) is 0 Å². The molecule has 0 unspecified atom stereocenters. The van der Waals surface area contributed by atoms with Gasteiger partial charge in [-0.25, -0.2) is 0 Å². The van der Waals surface area contributed by atoms with E-state index in [0.29, 0.717) is 48.7 Å². The van der Waals surface area contributed by atoms with Gasteiger partial charge < -0.3 is 10.2 Å². The van der Waals surface area contributed by atoms with E-state index in [2.05, 4.69) is 19.8 Å². The number of hydrogen-bond acceptors (Lipinski definition) is 3. The average molecular weight is 359 g/mol. The fraction of sp³-hybridized carbons (Fsp3) is 0.870. The molecule has 0 saturated heterocycles. The van der Waals surface area contributed by atoms with E-state index in [-0.39, 0.29) is 11.3 Å². The second-order valence-electron chi connectivity index (χ2n) is 10.3. The SMILES string of the molecule is C#C[C@]1(O)C[C@H]2[C@@H](CC[C@H]3CC(=O)CC[C@@]32C)[C@@H]2CC[C@H]([C@@H](C)O)[C@]21C. The number of aliphatic hydroxyl groups excluding tert-OH is 1. The van der Waals surface area contributed by atoms with Gasteiger partial charge in [-0.05, 0) is 80.5 Å². The van der Waals surface area contributed by atoms with Crippen LogP contribution in [0.2, 0.25) is 0 Å². The van der Waals surface area contributed by atoms with Crippen molar-refractivity contribution in [2.45, 2.75) is 83.8 Å². The van der Waals surface area contributed by atoms with Crippen LogP contribution in [-0.2, 0) is 4.79 Å². The lowest BCUT2D eigenvalue weighted by Gasteiger charge is -2.64. The first-order valence-corrected chi connectivity index (χ1v) is 10.6. The van der Waals surface area contributed by atoms with Crippen LogP contribution in [0.15, 0.2) is 0 Å². The van der Waals surface area contributed by atoms with E-state index in [4.69, 9.17) is 6.42 Å². The third-order valence-corrected chi connectivity index (χ3v) is 9.64. The van der Waals surface area contributed by atoms with Crippen molar-refractivity contribution in [2.75, 3.05) is 0 Å². The van der Waals surface area contributed by atoms with Crippen molar-refractivity contribution >= 4 is 5.78 Å². The smallest absolute Gasteiger partial charge is 0.133 e. The number of ketones is 1. The van der Waals surface area contributed by atoms with Crippen molar-refractivity contribution in [2.24, 2.45) is 40.4 Å². The number of Topliss-reactive ketones (excluding diaryl/α,β-unsaturated/α-hetero) is 1. The van der Waals surface area contributed by atoms with Crippen LogP contribution in [0.5, 0.6) is 0 Å². The molecule has 4 aliphatic rings. The molecule has 0 spiro atoms. The van der Waals surface area contributed by atoms with Gasteiger partial charge in [0.05, 0.1) is 6.10 Å². The molecule has 0 aromatic heterocycles. The largest absolute Gasteiger partial charge is 0.393 e. The van der Waals surface area contributed by atoms with Crippen molar-refractivity contribution in [1.29, 1.82) is 0 Å². The fourth-order valence-electron chi connectivity index (χ4n) is 8.09. The average Bonchev–Trinajstić information content (AvgIpc) is 2.96. The van der Waals surface area contributed by atoms with Crippen LogP contribution in [-0.4, -0.2) is 27.7 Å². The van der Waals surface area contributed by atoms with Gasteiger partial charge in [-0.15, -0.1) is 6.42 Å². The van der Waals surface area contributed by atoms with Crippen LogP contribution in [0, 0.1) is 52.8 Å². The summed E-state index contributed by atoms with van der Waals surface area (Å²) in [6, 6.07) is 0. The first-order chi connectivity index (χ1) is 12.2. The highest BCUT2D eigenvalue weighted by Crippen LogP contribution is 2.70. The van der Waals surface area contributed by atoms with E-state index in [0.717, 1.165) is 32.1 Å². The molecule has 26 heavy (non-hydrogen) atoms. The summed E-state index contributed by atoms with van der Waals surface area (Å²) in [5.74, 6) is 5.06. The summed E-state index contributed by atoms with van der Waals surface area (Å²) >= 11 is 0. The summed E-state index contributed by atoms with van der Waals surface area (Å²) in [5, 5.41) is 22.1. The van der Waals surface area contributed by atoms with Gasteiger partial charge in [-0.2, -0.15) is 0 Å². The maximum Gasteiger partial charge on any atom is 0.133 e. The molecule has 3 nitrogen and oxygen atoms in total. The molecular formula is C23H34O3. The molecule has 0 radical (unpaired) electrons. The third kappa shape index (κ3) is 2.18. The number of aliphatic hydroxyl groups is 2. The summed E-state index contributed by atoms with van der Waals surface area (Å²) in [5.41, 5.74) is -1.46. The number of carbonyl (C=O) groups is 1. The zero-order valence-electron chi connectivity index (χ0n) is 16.5. The minimum atomic E-state index is -1.16. The van der Waals surface area contributed by atoms with Crippen LogP contribution in [0.3, 0.4) is 0 Å². The second kappa shape index (κ2) is 5.82. The minimum Gasteiger partial charge on any atom is -0.393 e. The van der Waals surface area contributed by atoms with E-state index in [1.165, 1.54) is 0 Å². The quantitative estimate of drug-likeness (QED) is 0.705. The Kier molecular flexibility index (Phi) is 4.14. The molecule has 4 saturated carbocycles. The summed E-state index contributed by atoms with van der Waals surface area (Å²) in [6.07, 6.45) is 12.8. The van der Waals surface area contributed by atoms with Crippen molar-refractivity contribution in [3.63, 3.8) is 0 Å². The van der Waals surface area contributed by atoms with Crippen LogP contribution in [0.25, 0.3) is 0 Å². The molecule has 0 aromatic carbocycles. The van der Waals surface area contributed by atoms with Crippen molar-refractivity contribution in [1.82, 2.24) is 0 Å². The molecule has 4 rings (SSSR count). The maximum absolute atomic E-state index is 12.0. The molecule has 0 amide bonds. The monoisotopic (exact) mass is 358 g/mol. The predicted octanol–water partition coefficient (Wildman–Crippen LogP) is 3.57. The Hall–Kier alpha value is -0.850. The molecular weight excluding hydrogens is 324 g/mol. The van der Waals surface area contributed by atoms with E-state index < -0.39 is 17.1 Å². The first kappa shape index (κ1) is 18.5. The topological polar surface area (TPSA) is 57.5 Å². The lowest BCUT2D eigenvalue weighted by atomic mass is 9.41. The van der Waals surface area contributed by atoms with Gasteiger partial charge >= 0.3 is 0 Å². The molecule has 0 heterocycles. The van der Waals surface area contributed by atoms with E-state index in [9.17, 15) is 15.0 Å². The minimum absolute atomic E-state index is 0.0629. The van der Waals surface area contributed by atoms with E-state index in [1.54, 1.807) is 0 Å². The van der Waals surface area contributed by atoms with Gasteiger partial charge in [-0.1, -0.05) is 19.8 Å². The Morgan fingerprint density at radius 1 is 1.19 bits per heavy atom. The highest BCUT2D eigenvalue weighted by molar-refractivity contribution is 5.79. The van der Waals surface area contributed by atoms with Crippen molar-refractivity contribution in [3.05, 3.63) is 0 Å². The van der Waals surface area contributed by atoms with Gasteiger partial charge in [0.25, 0.3) is 0 Å². The highest BCUT2D eigenvalue weighted by atomic mass is 16.3. The zero-order chi connectivity index (χ0) is 18.9. The van der Waals surface area contributed by atoms with E-state index >= 15 is 0 Å². The predicted molar refractivity (Wildman–Crippen MR) is 101 cm³/mol. The number of rotatable bonds is 1. The fourth-order valence-corrected chi connectivity index (χ4v) is 8.09. The molecule has 0 aromatic rings. The summed E-state index contributed by atoms with van der Waals surface area (Å²) in [7, 11) is 0. The third-order valence-electron chi connectivity index (χ3n) is 9.64. The molecule has 0 bridgehead atoms. The number of fused-ring (bicyclic) bond motifs is 5. The Labute approximate surface area is 157 Å². The van der Waals surface area contributed by atoms with Crippen molar-refractivity contribution in [3.8, 4) is 12.3 Å². The van der Waals surface area contributed by atoms with Gasteiger partial charge in [0.2, 0.25) is 0 Å². The molecule has 4 fully saturated rings. The number of hydrogen-bond donors (Lipinski definition) is 2. The Morgan fingerprint density at radius 3 is 2.58 bits per heavy atom. The van der Waals surface area contributed by atoms with Gasteiger partial charge in [0, 0.05) is 18.3 Å². The lowest BCUT2D eigenvalue weighted by molar-refractivity contribution is -0.200. The molecule has 0 aliphatic heterocycles. The zero-order valence-corrected chi connectivity index (χ0v) is 16.5. The number of terminal acetylenes is 1. The Balaban J connectivity index is 1.76. The van der Waals surface area contributed by atoms with Gasteiger partial charge in [0.1, 0.15) is 11.4 Å². The van der Waals surface area contributed by atoms with Gasteiger partial charge in [-0.3, -0.25) is 4.79 Å². The molecule has 144 valence electrons. The molecule has 2 N–H and O–H groups in total. The van der Waals surface area contributed by atoms with E-state index in [1.807, 2.05) is 6.92 Å². The standard InChI is InChI=1S/C23H34O3/c1-5-23(26)13-20-17(19-9-8-18(14(2)24)22(19,23)4)7-6-15-12-16(25)10-11-21(15,20)3/h1,14-15,17-20,24,26H,6-13H2,2-4H3/t14-,15+,17+,18-,19+,20+,21+,22-,23+/m1/s1.